The van der Waals surface area contributed by atoms with Crippen molar-refractivity contribution in [3.8, 4) is 0 Å². The second kappa shape index (κ2) is 14.8. The zero-order valence-corrected chi connectivity index (χ0v) is 19.4. The Hall–Kier alpha value is -2.17. The molecule has 0 aromatic heterocycles. The first-order valence-electron chi connectivity index (χ1n) is 12.4. The first kappa shape index (κ1) is 24.5. The lowest BCUT2D eigenvalue weighted by Gasteiger charge is -2.26. The Balaban J connectivity index is 1.25. The molecule has 2 aromatic carbocycles. The SMILES string of the molecule is O=C(OCCCCCCCCCCN1CCOCC1)C(c1ccccc1)c1ccccc1. The topological polar surface area (TPSA) is 38.8 Å². The van der Waals surface area contributed by atoms with Gasteiger partial charge in [-0.05, 0) is 30.5 Å². The molecule has 4 heteroatoms. The van der Waals surface area contributed by atoms with E-state index in [9.17, 15) is 4.79 Å². The molecule has 1 saturated heterocycles. The van der Waals surface area contributed by atoms with Crippen molar-refractivity contribution in [3.63, 3.8) is 0 Å². The highest BCUT2D eigenvalue weighted by atomic mass is 16.5. The van der Waals surface area contributed by atoms with Crippen molar-refractivity contribution in [2.24, 2.45) is 0 Å². The van der Waals surface area contributed by atoms with E-state index in [-0.39, 0.29) is 11.9 Å². The minimum atomic E-state index is -0.352. The first-order chi connectivity index (χ1) is 15.8. The number of benzene rings is 2. The van der Waals surface area contributed by atoms with E-state index >= 15 is 0 Å². The van der Waals surface area contributed by atoms with E-state index in [1.807, 2.05) is 60.7 Å². The number of rotatable bonds is 14. The Morgan fingerprint density at radius 3 is 1.81 bits per heavy atom. The number of unbranched alkanes of at least 4 members (excludes halogenated alkanes) is 7. The zero-order valence-electron chi connectivity index (χ0n) is 19.4. The molecule has 0 radical (unpaired) electrons. The number of nitrogens with zero attached hydrogens (tertiary/aromatic N) is 1. The summed E-state index contributed by atoms with van der Waals surface area (Å²) in [5.41, 5.74) is 1.97. The third-order valence-electron chi connectivity index (χ3n) is 6.22. The fraction of sp³-hybridized carbons (Fsp3) is 0.536. The van der Waals surface area contributed by atoms with Crippen LogP contribution in [0.3, 0.4) is 0 Å². The Morgan fingerprint density at radius 2 is 1.25 bits per heavy atom. The molecule has 0 amide bonds. The molecule has 1 fully saturated rings. The van der Waals surface area contributed by atoms with Gasteiger partial charge >= 0.3 is 5.97 Å². The molecule has 0 atom stereocenters. The van der Waals surface area contributed by atoms with E-state index < -0.39 is 0 Å². The smallest absolute Gasteiger partial charge is 0.317 e. The molecular weight excluding hydrogens is 398 g/mol. The predicted octanol–water partition coefficient (Wildman–Crippen LogP) is 5.81. The molecule has 0 bridgehead atoms. The van der Waals surface area contributed by atoms with Gasteiger partial charge in [0.15, 0.2) is 0 Å². The molecule has 3 rings (SSSR count). The monoisotopic (exact) mass is 437 g/mol. The Morgan fingerprint density at radius 1 is 0.750 bits per heavy atom. The van der Waals surface area contributed by atoms with Crippen molar-refractivity contribution in [2.75, 3.05) is 39.5 Å². The fourth-order valence-corrected chi connectivity index (χ4v) is 4.33. The van der Waals surface area contributed by atoms with Crippen LogP contribution in [0.5, 0.6) is 0 Å². The molecule has 0 saturated carbocycles. The summed E-state index contributed by atoms with van der Waals surface area (Å²) in [4.78, 5) is 15.4. The van der Waals surface area contributed by atoms with Crippen molar-refractivity contribution < 1.29 is 14.3 Å². The van der Waals surface area contributed by atoms with Crippen molar-refractivity contribution in [1.82, 2.24) is 4.90 Å². The number of esters is 1. The minimum absolute atomic E-state index is 0.150. The minimum Gasteiger partial charge on any atom is -0.465 e. The lowest BCUT2D eigenvalue weighted by Crippen LogP contribution is -2.36. The molecule has 0 aliphatic carbocycles. The highest BCUT2D eigenvalue weighted by molar-refractivity contribution is 5.82. The van der Waals surface area contributed by atoms with Gasteiger partial charge in [0.2, 0.25) is 0 Å². The van der Waals surface area contributed by atoms with Gasteiger partial charge in [-0.25, -0.2) is 0 Å². The summed E-state index contributed by atoms with van der Waals surface area (Å²) < 4.78 is 11.1. The van der Waals surface area contributed by atoms with Crippen molar-refractivity contribution in [3.05, 3.63) is 71.8 Å². The zero-order chi connectivity index (χ0) is 22.3. The first-order valence-corrected chi connectivity index (χ1v) is 12.4. The summed E-state index contributed by atoms with van der Waals surface area (Å²) in [5.74, 6) is -0.502. The molecular formula is C28H39NO3. The lowest BCUT2D eigenvalue weighted by atomic mass is 9.91. The Labute approximate surface area is 193 Å². The second-order valence-corrected chi connectivity index (χ2v) is 8.70. The number of ether oxygens (including phenoxy) is 2. The molecule has 0 spiro atoms. The second-order valence-electron chi connectivity index (χ2n) is 8.70. The van der Waals surface area contributed by atoms with Gasteiger partial charge in [-0.15, -0.1) is 0 Å². The van der Waals surface area contributed by atoms with Gasteiger partial charge in [0.1, 0.15) is 5.92 Å². The Bertz CT molecular complexity index is 704. The van der Waals surface area contributed by atoms with Crippen molar-refractivity contribution in [2.45, 2.75) is 57.3 Å². The van der Waals surface area contributed by atoms with Gasteiger partial charge in [-0.3, -0.25) is 9.69 Å². The summed E-state index contributed by atoms with van der Waals surface area (Å²) in [5, 5.41) is 0. The normalized spacial score (nSPS) is 14.5. The summed E-state index contributed by atoms with van der Waals surface area (Å²) in [7, 11) is 0. The third kappa shape index (κ3) is 8.76. The van der Waals surface area contributed by atoms with Gasteiger partial charge in [-0.1, -0.05) is 99.2 Å². The Kier molecular flexibility index (Phi) is 11.3. The number of hydrogen-bond donors (Lipinski definition) is 0. The molecule has 1 aliphatic heterocycles. The van der Waals surface area contributed by atoms with Gasteiger partial charge in [0, 0.05) is 13.1 Å². The van der Waals surface area contributed by atoms with E-state index in [1.54, 1.807) is 0 Å². The van der Waals surface area contributed by atoms with Crippen LogP contribution in [0, 0.1) is 0 Å². The molecule has 1 aliphatic rings. The molecule has 2 aromatic rings. The van der Waals surface area contributed by atoms with Crippen LogP contribution >= 0.6 is 0 Å². The number of morpholine rings is 1. The van der Waals surface area contributed by atoms with Gasteiger partial charge in [-0.2, -0.15) is 0 Å². The average Bonchev–Trinajstić information content (AvgIpc) is 2.85. The highest BCUT2D eigenvalue weighted by Gasteiger charge is 2.23. The predicted molar refractivity (Wildman–Crippen MR) is 130 cm³/mol. The highest BCUT2D eigenvalue weighted by Crippen LogP contribution is 2.26. The molecule has 0 unspecified atom stereocenters. The third-order valence-corrected chi connectivity index (χ3v) is 6.22. The van der Waals surface area contributed by atoms with Gasteiger partial charge in [0.25, 0.3) is 0 Å². The maximum Gasteiger partial charge on any atom is 0.317 e. The lowest BCUT2D eigenvalue weighted by molar-refractivity contribution is -0.144. The largest absolute Gasteiger partial charge is 0.465 e. The standard InChI is InChI=1S/C28H39NO3/c30-28(27(25-15-9-7-10-16-25)26-17-11-8-12-18-26)32-22-14-6-4-2-1-3-5-13-19-29-20-23-31-24-21-29/h7-12,15-18,27H,1-6,13-14,19-24H2. The summed E-state index contributed by atoms with van der Waals surface area (Å²) in [6.07, 6.45) is 9.85. The maximum absolute atomic E-state index is 12.9. The molecule has 32 heavy (non-hydrogen) atoms. The van der Waals surface area contributed by atoms with Crippen molar-refractivity contribution >= 4 is 5.97 Å². The van der Waals surface area contributed by atoms with Crippen LogP contribution in [-0.4, -0.2) is 50.3 Å². The van der Waals surface area contributed by atoms with Crippen molar-refractivity contribution in [1.29, 1.82) is 0 Å². The van der Waals surface area contributed by atoms with E-state index in [0.29, 0.717) is 6.61 Å². The molecule has 174 valence electrons. The van der Waals surface area contributed by atoms with Gasteiger partial charge < -0.3 is 9.47 Å². The summed E-state index contributed by atoms with van der Waals surface area (Å²) >= 11 is 0. The van der Waals surface area contributed by atoms with Crippen LogP contribution in [0.1, 0.15) is 68.4 Å². The van der Waals surface area contributed by atoms with Crippen LogP contribution in [0.4, 0.5) is 0 Å². The fourth-order valence-electron chi connectivity index (χ4n) is 4.33. The van der Waals surface area contributed by atoms with E-state index in [0.717, 1.165) is 50.3 Å². The molecule has 4 nitrogen and oxygen atoms in total. The van der Waals surface area contributed by atoms with Crippen LogP contribution in [0.25, 0.3) is 0 Å². The molecule has 1 heterocycles. The van der Waals surface area contributed by atoms with Crippen LogP contribution in [0.15, 0.2) is 60.7 Å². The number of carbonyl (C=O) groups excluding carboxylic acids is 1. The van der Waals surface area contributed by atoms with E-state index in [1.165, 1.54) is 45.1 Å². The number of carbonyl (C=O) groups is 1. The quantitative estimate of drug-likeness (QED) is 0.276. The van der Waals surface area contributed by atoms with E-state index in [2.05, 4.69) is 4.90 Å². The van der Waals surface area contributed by atoms with Crippen LogP contribution in [-0.2, 0) is 14.3 Å². The van der Waals surface area contributed by atoms with Crippen LogP contribution < -0.4 is 0 Å². The van der Waals surface area contributed by atoms with Crippen LogP contribution in [0.2, 0.25) is 0 Å². The average molecular weight is 438 g/mol. The summed E-state index contributed by atoms with van der Waals surface area (Å²) in [6, 6.07) is 19.8. The van der Waals surface area contributed by atoms with E-state index in [4.69, 9.17) is 9.47 Å². The number of hydrogen-bond acceptors (Lipinski definition) is 4. The summed E-state index contributed by atoms with van der Waals surface area (Å²) in [6.45, 7) is 5.73. The molecule has 0 N–H and O–H groups in total. The maximum atomic E-state index is 12.9. The van der Waals surface area contributed by atoms with Gasteiger partial charge in [0.05, 0.1) is 19.8 Å².